The normalized spacial score (nSPS) is 14.0. The summed E-state index contributed by atoms with van der Waals surface area (Å²) in [6.45, 7) is -1.01. The van der Waals surface area contributed by atoms with Gasteiger partial charge < -0.3 is 39.1 Å². The molecule has 0 rings (SSSR count). The predicted molar refractivity (Wildman–Crippen MR) is 81.1 cm³/mol. The van der Waals surface area contributed by atoms with Gasteiger partial charge in [-0.15, -0.1) is 0 Å². The molecule has 0 saturated carbocycles. The van der Waals surface area contributed by atoms with Crippen LogP contribution in [0.2, 0.25) is 0 Å². The largest absolute Gasteiger partial charge is 0.339 e. The van der Waals surface area contributed by atoms with Gasteiger partial charge in [-0.2, -0.15) is 0 Å². The van der Waals surface area contributed by atoms with Gasteiger partial charge in [0.05, 0.1) is 0 Å². The van der Waals surface area contributed by atoms with E-state index in [2.05, 4.69) is 0 Å². The quantitative estimate of drug-likeness (QED) is 0.135. The summed E-state index contributed by atoms with van der Waals surface area (Å²) < 4.78 is 43.9. The van der Waals surface area contributed by atoms with Gasteiger partial charge in [-0.25, -0.2) is 0 Å². The second-order valence-electron chi connectivity index (χ2n) is 5.01. The van der Waals surface area contributed by atoms with Crippen LogP contribution in [0, 0.1) is 0 Å². The fourth-order valence-corrected chi connectivity index (χ4v) is 5.06. The third kappa shape index (κ3) is 19.7. The van der Waals surface area contributed by atoms with Crippen LogP contribution in [0.1, 0.15) is 0 Å². The molecule has 0 aliphatic carbocycles. The van der Waals surface area contributed by atoms with Gasteiger partial charge in [-0.3, -0.25) is 28.1 Å². The maximum absolute atomic E-state index is 11.0. The Labute approximate surface area is 156 Å². The molecule has 0 amide bonds. The van der Waals surface area contributed by atoms with Crippen molar-refractivity contribution in [1.82, 2.24) is 9.80 Å². The number of hydrogen-bond donors (Lipinski definition) is 8. The van der Waals surface area contributed by atoms with E-state index in [0.29, 0.717) is 9.80 Å². The summed E-state index contributed by atoms with van der Waals surface area (Å²) in [5.41, 5.74) is 0. The van der Waals surface area contributed by atoms with Gasteiger partial charge >= 0.3 is 30.4 Å². The van der Waals surface area contributed by atoms with Crippen molar-refractivity contribution >= 4 is 30.4 Å². The molecule has 0 spiro atoms. The molecule has 14 nitrogen and oxygen atoms in total. The van der Waals surface area contributed by atoms with Crippen LogP contribution in [0.4, 0.5) is 0 Å². The SMILES string of the molecule is O=P(O)(O)CN(CCN(CP(=O)(O)O)CP(=O)(O)O)CP(=O)(O)O.[99Tc]. The predicted octanol–water partition coefficient (Wildman–Crippen LogP) is -1.87. The van der Waals surface area contributed by atoms with Crippen molar-refractivity contribution in [2.24, 2.45) is 0 Å². The minimum Gasteiger partial charge on any atom is -0.324 e. The molecule has 1 radical (unpaired) electrons. The molecule has 0 fully saturated rings. The summed E-state index contributed by atoms with van der Waals surface area (Å²) >= 11 is 0. The molecular formula is C6H20N2O12P4Tc. The van der Waals surface area contributed by atoms with Crippen molar-refractivity contribution in [2.75, 3.05) is 38.2 Å². The zero-order chi connectivity index (χ0) is 19.4. The van der Waals surface area contributed by atoms with Crippen LogP contribution in [0.3, 0.4) is 0 Å². The van der Waals surface area contributed by atoms with Crippen LogP contribution >= 0.6 is 30.4 Å². The first-order valence-corrected chi connectivity index (χ1v) is 13.2. The molecule has 0 aromatic carbocycles. The summed E-state index contributed by atoms with van der Waals surface area (Å²) in [7, 11) is -18.8. The summed E-state index contributed by atoms with van der Waals surface area (Å²) in [6.07, 6.45) is -4.18. The van der Waals surface area contributed by atoms with Gasteiger partial charge in [0, 0.05) is 33.2 Å². The van der Waals surface area contributed by atoms with E-state index in [-0.39, 0.29) is 20.1 Å². The summed E-state index contributed by atoms with van der Waals surface area (Å²) in [6, 6.07) is 0. The molecule has 153 valence electrons. The molecule has 25 heavy (non-hydrogen) atoms. The fraction of sp³-hybridized carbons (Fsp3) is 1.00. The van der Waals surface area contributed by atoms with E-state index in [1.807, 2.05) is 0 Å². The Hall–Kier alpha value is 1.17. The van der Waals surface area contributed by atoms with E-state index in [0.717, 1.165) is 0 Å². The maximum Gasteiger partial charge on any atom is 0.339 e. The third-order valence-corrected chi connectivity index (χ3v) is 5.34. The van der Waals surface area contributed by atoms with E-state index in [1.54, 1.807) is 0 Å². The van der Waals surface area contributed by atoms with Gasteiger partial charge in [0.2, 0.25) is 0 Å². The number of nitrogens with zero attached hydrogens (tertiary/aromatic N) is 2. The van der Waals surface area contributed by atoms with E-state index in [1.165, 1.54) is 0 Å². The number of hydrogen-bond acceptors (Lipinski definition) is 6. The molecule has 19 heteroatoms. The van der Waals surface area contributed by atoms with Gasteiger partial charge in [-0.1, -0.05) is 0 Å². The van der Waals surface area contributed by atoms with Gasteiger partial charge in [-0.05, 0) is 0 Å². The molecule has 0 saturated heterocycles. The van der Waals surface area contributed by atoms with Crippen LogP contribution in [0.25, 0.3) is 0 Å². The van der Waals surface area contributed by atoms with Crippen molar-refractivity contribution in [3.8, 4) is 0 Å². The van der Waals surface area contributed by atoms with Crippen LogP contribution in [-0.2, 0) is 38.4 Å². The molecular weight excluding hydrogens is 515 g/mol. The Kier molecular flexibility index (Phi) is 12.1. The van der Waals surface area contributed by atoms with Crippen molar-refractivity contribution in [3.05, 3.63) is 0 Å². The Bertz CT molecular complexity index is 492. The molecule has 8 N–H and O–H groups in total. The zero-order valence-electron chi connectivity index (χ0n) is 12.5. The molecule has 0 aromatic heterocycles. The fourth-order valence-electron chi connectivity index (χ4n) is 1.70. The number of rotatable bonds is 11. The summed E-state index contributed by atoms with van der Waals surface area (Å²) in [4.78, 5) is 72.3. The van der Waals surface area contributed by atoms with Crippen LogP contribution in [-0.4, -0.2) is 87.2 Å². The average molecular weight is 535 g/mol. The van der Waals surface area contributed by atoms with Gasteiger partial charge in [0.1, 0.15) is 25.1 Å². The Balaban J connectivity index is 0. The van der Waals surface area contributed by atoms with Gasteiger partial charge in [0.25, 0.3) is 0 Å². The first-order valence-electron chi connectivity index (χ1n) is 5.99. The second-order valence-corrected chi connectivity index (χ2v) is 11.5. The van der Waals surface area contributed by atoms with E-state index >= 15 is 0 Å². The summed E-state index contributed by atoms with van der Waals surface area (Å²) in [5, 5.41) is 0. The first kappa shape index (κ1) is 28.4. The van der Waals surface area contributed by atoms with Crippen molar-refractivity contribution in [3.63, 3.8) is 0 Å². The molecule has 0 aromatic rings. The Morgan fingerprint density at radius 3 is 0.760 bits per heavy atom. The van der Waals surface area contributed by atoms with Crippen LogP contribution < -0.4 is 0 Å². The standard InChI is InChI=1S/C6H20N2O12P4.Tc/c9-21(10,11)3-7(4-22(12,13)14)1-2-8(5-23(15,16)17)6-24(18,19)20;/h1-6H2,(H2,9,10,11)(H2,12,13,14)(H2,15,16,17)(H2,18,19,20);/i;1+1. The second kappa shape index (κ2) is 10.6. The van der Waals surface area contributed by atoms with E-state index in [9.17, 15) is 18.3 Å². The molecule has 0 atom stereocenters. The minimum absolute atomic E-state index is 0. The van der Waals surface area contributed by atoms with Crippen molar-refractivity contribution < 1.29 is 77.5 Å². The topological polar surface area (TPSA) is 237 Å². The van der Waals surface area contributed by atoms with Crippen molar-refractivity contribution in [1.29, 1.82) is 0 Å². The van der Waals surface area contributed by atoms with E-state index in [4.69, 9.17) is 39.1 Å². The smallest absolute Gasteiger partial charge is 0.324 e. The monoisotopic (exact) mass is 535 g/mol. The Morgan fingerprint density at radius 2 is 0.640 bits per heavy atom. The van der Waals surface area contributed by atoms with Crippen LogP contribution in [0.15, 0.2) is 0 Å². The molecule has 0 unspecified atom stereocenters. The minimum atomic E-state index is -4.69. The molecule has 0 aliphatic heterocycles. The van der Waals surface area contributed by atoms with Crippen LogP contribution in [0.5, 0.6) is 0 Å². The molecule has 0 aliphatic rings. The van der Waals surface area contributed by atoms with Crippen molar-refractivity contribution in [2.45, 2.75) is 0 Å². The first-order chi connectivity index (χ1) is 10.4. The maximum atomic E-state index is 11.0. The molecule has 0 bridgehead atoms. The third-order valence-electron chi connectivity index (χ3n) is 2.27. The zero-order valence-corrected chi connectivity index (χ0v) is 18.0. The summed E-state index contributed by atoms with van der Waals surface area (Å²) in [5.74, 6) is 0. The van der Waals surface area contributed by atoms with E-state index < -0.39 is 68.6 Å². The Morgan fingerprint density at radius 1 is 0.480 bits per heavy atom. The molecule has 0 heterocycles. The van der Waals surface area contributed by atoms with Gasteiger partial charge in [0.15, 0.2) is 0 Å². The average Bonchev–Trinajstić information content (AvgIpc) is 2.16.